The lowest BCUT2D eigenvalue weighted by molar-refractivity contribution is 0.384. The molecule has 1 unspecified atom stereocenters. The summed E-state index contributed by atoms with van der Waals surface area (Å²) in [7, 11) is 0. The van der Waals surface area contributed by atoms with Crippen LogP contribution in [0.2, 0.25) is 0 Å². The molecule has 0 saturated carbocycles. The summed E-state index contributed by atoms with van der Waals surface area (Å²) in [5.41, 5.74) is 0. The Hall–Kier alpha value is -0.0600. The Bertz CT molecular complexity index is 153. The van der Waals surface area contributed by atoms with Crippen LogP contribution in [0.1, 0.15) is 19.3 Å². The zero-order chi connectivity index (χ0) is 8.10. The first kappa shape index (κ1) is 9.03. The third-order valence-corrected chi connectivity index (χ3v) is 2.35. The highest BCUT2D eigenvalue weighted by Gasteiger charge is 2.11. The minimum atomic E-state index is 0.343. The van der Waals surface area contributed by atoms with Crippen LogP contribution in [-0.2, 0) is 0 Å². The van der Waals surface area contributed by atoms with Crippen molar-refractivity contribution in [1.82, 2.24) is 10.6 Å². The molecule has 1 aliphatic rings. The maximum Gasteiger partial charge on any atom is 0.111 e. The van der Waals surface area contributed by atoms with Crippen LogP contribution < -0.4 is 10.6 Å². The van der Waals surface area contributed by atoms with Crippen molar-refractivity contribution in [2.24, 2.45) is 0 Å². The highest BCUT2D eigenvalue weighted by Crippen LogP contribution is 2.03. The van der Waals surface area contributed by atoms with Gasteiger partial charge in [-0.2, -0.15) is 0 Å². The second kappa shape index (κ2) is 4.74. The molecule has 2 N–H and O–H groups in total. The van der Waals surface area contributed by atoms with Gasteiger partial charge >= 0.3 is 0 Å². The summed E-state index contributed by atoms with van der Waals surface area (Å²) in [6.45, 7) is 1.08. The second-order valence-electron chi connectivity index (χ2n) is 2.63. The number of hydrogen-bond acceptors (Lipinski definition) is 3. The van der Waals surface area contributed by atoms with Crippen LogP contribution in [0, 0.1) is 0 Å². The van der Waals surface area contributed by atoms with E-state index in [-0.39, 0.29) is 0 Å². The monoisotopic (exact) mass is 188 g/mol. The lowest BCUT2D eigenvalue weighted by Crippen LogP contribution is -2.47. The number of thiocarbonyl (C=S) groups is 2. The minimum absolute atomic E-state index is 0.343. The summed E-state index contributed by atoms with van der Waals surface area (Å²) in [6.07, 6.45) is 4.02. The van der Waals surface area contributed by atoms with Gasteiger partial charge < -0.3 is 5.32 Å². The molecule has 0 aromatic heterocycles. The Balaban J connectivity index is 2.24. The van der Waals surface area contributed by atoms with E-state index < -0.39 is 0 Å². The molecule has 0 spiro atoms. The van der Waals surface area contributed by atoms with Crippen molar-refractivity contribution in [2.75, 3.05) is 6.54 Å². The fourth-order valence-electron chi connectivity index (χ4n) is 1.18. The number of hydrogen-bond donors (Lipinski definition) is 2. The summed E-state index contributed by atoms with van der Waals surface area (Å²) in [4.78, 5) is 0.666. The van der Waals surface area contributed by atoms with E-state index >= 15 is 0 Å². The summed E-state index contributed by atoms with van der Waals surface area (Å²) >= 11 is 9.61. The molecule has 1 aliphatic heterocycles. The van der Waals surface area contributed by atoms with Crippen molar-refractivity contribution < 1.29 is 0 Å². The highest BCUT2D eigenvalue weighted by atomic mass is 32.1. The molecule has 1 atom stereocenters. The maximum absolute atomic E-state index is 4.93. The van der Waals surface area contributed by atoms with Gasteiger partial charge in [0.2, 0.25) is 0 Å². The van der Waals surface area contributed by atoms with Gasteiger partial charge in [0.05, 0.1) is 6.17 Å². The van der Waals surface area contributed by atoms with E-state index in [1.165, 1.54) is 18.2 Å². The SMILES string of the molecule is S=CC(=S)NC1CCCCN1. The predicted octanol–water partition coefficient (Wildman–Crippen LogP) is 1.00. The van der Waals surface area contributed by atoms with E-state index in [2.05, 4.69) is 22.9 Å². The first-order chi connectivity index (χ1) is 5.33. The Morgan fingerprint density at radius 1 is 1.55 bits per heavy atom. The average Bonchev–Trinajstić information content (AvgIpc) is 2.06. The minimum Gasteiger partial charge on any atom is -0.360 e. The summed E-state index contributed by atoms with van der Waals surface area (Å²) < 4.78 is 0. The van der Waals surface area contributed by atoms with Gasteiger partial charge in [0.1, 0.15) is 4.99 Å². The van der Waals surface area contributed by atoms with Crippen molar-refractivity contribution >= 4 is 34.8 Å². The van der Waals surface area contributed by atoms with E-state index in [4.69, 9.17) is 12.2 Å². The van der Waals surface area contributed by atoms with E-state index in [9.17, 15) is 0 Å². The van der Waals surface area contributed by atoms with Gasteiger partial charge in [-0.1, -0.05) is 24.4 Å². The molecule has 1 fully saturated rings. The van der Waals surface area contributed by atoms with Crippen LogP contribution in [0.15, 0.2) is 0 Å². The van der Waals surface area contributed by atoms with E-state index in [0.717, 1.165) is 13.0 Å². The van der Waals surface area contributed by atoms with Gasteiger partial charge in [0.25, 0.3) is 0 Å². The van der Waals surface area contributed by atoms with E-state index in [0.29, 0.717) is 11.2 Å². The van der Waals surface area contributed by atoms with Crippen molar-refractivity contribution in [3.05, 3.63) is 0 Å². The first-order valence-electron chi connectivity index (χ1n) is 3.82. The molecule has 62 valence electrons. The van der Waals surface area contributed by atoms with Gasteiger partial charge in [0.15, 0.2) is 0 Å². The number of rotatable bonds is 2. The molecule has 0 amide bonds. The molecule has 1 rings (SSSR count). The molecular weight excluding hydrogens is 176 g/mol. The zero-order valence-corrected chi connectivity index (χ0v) is 7.93. The Morgan fingerprint density at radius 2 is 2.36 bits per heavy atom. The fourth-order valence-corrected chi connectivity index (χ4v) is 1.39. The number of piperidine rings is 1. The quantitative estimate of drug-likeness (QED) is 0.631. The Morgan fingerprint density at radius 3 is 2.91 bits per heavy atom. The van der Waals surface area contributed by atoms with Crippen LogP contribution in [-0.4, -0.2) is 23.1 Å². The van der Waals surface area contributed by atoms with Crippen molar-refractivity contribution in [2.45, 2.75) is 25.4 Å². The van der Waals surface area contributed by atoms with Gasteiger partial charge in [-0.25, -0.2) is 0 Å². The first-order valence-corrected chi connectivity index (χ1v) is 4.70. The zero-order valence-electron chi connectivity index (χ0n) is 6.30. The topological polar surface area (TPSA) is 24.1 Å². The molecule has 0 bridgehead atoms. The molecule has 0 aromatic carbocycles. The Labute approximate surface area is 77.7 Å². The van der Waals surface area contributed by atoms with Crippen LogP contribution in [0.4, 0.5) is 0 Å². The normalized spacial score (nSPS) is 24.2. The van der Waals surface area contributed by atoms with E-state index in [1.54, 1.807) is 0 Å². The lowest BCUT2D eigenvalue weighted by atomic mass is 10.1. The standard InChI is InChI=1S/C7H12N2S2/c10-5-7(11)9-6-3-1-2-4-8-6/h5-6,8H,1-4H2,(H,9,11). The van der Waals surface area contributed by atoms with Gasteiger partial charge in [-0.05, 0) is 25.8 Å². The molecular formula is C7H12N2S2. The molecule has 11 heavy (non-hydrogen) atoms. The summed E-state index contributed by atoms with van der Waals surface area (Å²) in [5, 5.41) is 7.95. The van der Waals surface area contributed by atoms with Crippen LogP contribution in [0.25, 0.3) is 0 Å². The molecule has 0 aliphatic carbocycles. The highest BCUT2D eigenvalue weighted by molar-refractivity contribution is 7.88. The second-order valence-corrected chi connectivity index (χ2v) is 3.30. The van der Waals surface area contributed by atoms with E-state index in [1.807, 2.05) is 0 Å². The van der Waals surface area contributed by atoms with Crippen molar-refractivity contribution in [1.29, 1.82) is 0 Å². The predicted molar refractivity (Wildman–Crippen MR) is 55.0 cm³/mol. The van der Waals surface area contributed by atoms with Crippen LogP contribution in [0.3, 0.4) is 0 Å². The molecule has 0 radical (unpaired) electrons. The van der Waals surface area contributed by atoms with Gasteiger partial charge in [-0.15, -0.1) is 0 Å². The molecule has 0 aromatic rings. The third-order valence-electron chi connectivity index (χ3n) is 1.73. The summed E-state index contributed by atoms with van der Waals surface area (Å²) in [6, 6.07) is 0. The largest absolute Gasteiger partial charge is 0.360 e. The smallest absolute Gasteiger partial charge is 0.111 e. The summed E-state index contributed by atoms with van der Waals surface area (Å²) in [5.74, 6) is 0. The van der Waals surface area contributed by atoms with Gasteiger partial charge in [-0.3, -0.25) is 5.32 Å². The fraction of sp³-hybridized carbons (Fsp3) is 0.714. The lowest BCUT2D eigenvalue weighted by Gasteiger charge is -2.24. The third kappa shape index (κ3) is 3.22. The average molecular weight is 188 g/mol. The number of nitrogens with one attached hydrogen (secondary N) is 2. The van der Waals surface area contributed by atoms with Crippen molar-refractivity contribution in [3.63, 3.8) is 0 Å². The Kier molecular flexibility index (Phi) is 3.90. The molecule has 4 heteroatoms. The van der Waals surface area contributed by atoms with Crippen molar-refractivity contribution in [3.8, 4) is 0 Å². The van der Waals surface area contributed by atoms with Gasteiger partial charge in [0, 0.05) is 5.37 Å². The molecule has 1 heterocycles. The molecule has 2 nitrogen and oxygen atoms in total. The maximum atomic E-state index is 4.93. The van der Waals surface area contributed by atoms with Crippen LogP contribution >= 0.6 is 24.4 Å². The van der Waals surface area contributed by atoms with Crippen LogP contribution in [0.5, 0.6) is 0 Å². The molecule has 1 saturated heterocycles.